The van der Waals surface area contributed by atoms with E-state index in [2.05, 4.69) is 15.1 Å². The fraction of sp³-hybridized carbons (Fsp3) is 0.474. The molecule has 1 N–H and O–H groups in total. The quantitative estimate of drug-likeness (QED) is 0.713. The molecule has 0 aromatic carbocycles. The Balaban J connectivity index is 1.55. The van der Waals surface area contributed by atoms with Crippen molar-refractivity contribution >= 4 is 34.2 Å². The number of hydrogen-bond acceptors (Lipinski definition) is 6. The van der Waals surface area contributed by atoms with Crippen molar-refractivity contribution in [1.29, 1.82) is 0 Å². The van der Waals surface area contributed by atoms with Crippen LogP contribution >= 0.6 is 11.3 Å². The molecule has 9 heteroatoms. The van der Waals surface area contributed by atoms with Crippen molar-refractivity contribution < 1.29 is 4.79 Å². The summed E-state index contributed by atoms with van der Waals surface area (Å²) in [5, 5.41) is 4.84. The largest absolute Gasteiger partial charge is 0.339 e. The molecule has 3 aromatic heterocycles. The number of aryl methyl sites for hydroxylation is 1. The molecule has 1 amide bonds. The van der Waals surface area contributed by atoms with E-state index in [-0.39, 0.29) is 17.0 Å². The number of hydrogen-bond donors (Lipinski definition) is 1. The summed E-state index contributed by atoms with van der Waals surface area (Å²) in [7, 11) is 0. The van der Waals surface area contributed by atoms with Crippen LogP contribution in [-0.2, 0) is 5.54 Å². The first-order chi connectivity index (χ1) is 13.2. The summed E-state index contributed by atoms with van der Waals surface area (Å²) in [6.07, 6.45) is 1.57. The van der Waals surface area contributed by atoms with Crippen molar-refractivity contribution in [2.24, 2.45) is 0 Å². The number of aromatic amines is 1. The molecule has 4 rings (SSSR count). The van der Waals surface area contributed by atoms with Gasteiger partial charge in [-0.2, -0.15) is 10.1 Å². The third-order valence-corrected chi connectivity index (χ3v) is 5.87. The molecule has 3 aromatic rings. The highest BCUT2D eigenvalue weighted by Crippen LogP contribution is 2.21. The minimum atomic E-state index is -0.274. The van der Waals surface area contributed by atoms with Crippen LogP contribution in [0.5, 0.6) is 0 Å². The minimum Gasteiger partial charge on any atom is -0.339 e. The summed E-state index contributed by atoms with van der Waals surface area (Å²) < 4.78 is 1.78. The second kappa shape index (κ2) is 6.73. The number of aromatic nitrogens is 4. The average molecular weight is 401 g/mol. The van der Waals surface area contributed by atoms with Gasteiger partial charge in [0.2, 0.25) is 5.95 Å². The van der Waals surface area contributed by atoms with Gasteiger partial charge in [-0.25, -0.2) is 4.68 Å². The van der Waals surface area contributed by atoms with Gasteiger partial charge in [-0.05, 0) is 39.8 Å². The van der Waals surface area contributed by atoms with Crippen molar-refractivity contribution in [2.45, 2.75) is 33.2 Å². The Kier molecular flexibility index (Phi) is 4.49. The number of carbonyl (C=O) groups excluding carboxylic acids is 1. The van der Waals surface area contributed by atoms with Gasteiger partial charge in [0.05, 0.1) is 16.6 Å². The van der Waals surface area contributed by atoms with E-state index in [0.29, 0.717) is 43.2 Å². The van der Waals surface area contributed by atoms with E-state index in [1.165, 1.54) is 11.3 Å². The van der Waals surface area contributed by atoms with Crippen molar-refractivity contribution in [3.8, 4) is 0 Å². The van der Waals surface area contributed by atoms with Gasteiger partial charge in [0.1, 0.15) is 5.39 Å². The van der Waals surface area contributed by atoms with Crippen LogP contribution in [0.4, 0.5) is 5.95 Å². The van der Waals surface area contributed by atoms with E-state index in [0.717, 1.165) is 9.75 Å². The summed E-state index contributed by atoms with van der Waals surface area (Å²) in [6, 6.07) is 3.85. The van der Waals surface area contributed by atoms with Crippen LogP contribution in [0.1, 0.15) is 35.3 Å². The molecule has 1 saturated heterocycles. The molecule has 0 unspecified atom stereocenters. The summed E-state index contributed by atoms with van der Waals surface area (Å²) in [6.45, 7) is 10.5. The highest BCUT2D eigenvalue weighted by molar-refractivity contribution is 7.13. The van der Waals surface area contributed by atoms with Gasteiger partial charge >= 0.3 is 0 Å². The van der Waals surface area contributed by atoms with Gasteiger partial charge in [-0.1, -0.05) is 0 Å². The van der Waals surface area contributed by atoms with Crippen molar-refractivity contribution in [1.82, 2.24) is 24.6 Å². The molecule has 148 valence electrons. The van der Waals surface area contributed by atoms with Crippen molar-refractivity contribution in [3.05, 3.63) is 38.4 Å². The third-order valence-electron chi connectivity index (χ3n) is 4.88. The second-order valence-electron chi connectivity index (χ2n) is 8.04. The van der Waals surface area contributed by atoms with Gasteiger partial charge in [0.25, 0.3) is 11.5 Å². The molecule has 0 saturated carbocycles. The summed E-state index contributed by atoms with van der Waals surface area (Å²) in [5.41, 5.74) is 0.117. The fourth-order valence-electron chi connectivity index (χ4n) is 3.37. The van der Waals surface area contributed by atoms with Crippen LogP contribution in [0.25, 0.3) is 11.0 Å². The SMILES string of the molecule is Cc1ccc(C(=O)N2CCN(c3nc4c(cnn4C(C)(C)C)c(=O)[nH]3)CC2)s1. The zero-order valence-corrected chi connectivity index (χ0v) is 17.3. The standard InChI is InChI=1S/C19H24N6O2S/c1-12-5-6-14(28-12)17(27)23-7-9-24(10-8-23)18-21-15-13(16(26)22-18)11-20-25(15)19(2,3)4/h5-6,11H,7-10H2,1-4H3,(H,21,22,26). The van der Waals surface area contributed by atoms with Gasteiger partial charge in [-0.3, -0.25) is 14.6 Å². The third kappa shape index (κ3) is 3.30. The highest BCUT2D eigenvalue weighted by Gasteiger charge is 2.26. The maximum Gasteiger partial charge on any atom is 0.264 e. The molecular weight excluding hydrogens is 376 g/mol. The van der Waals surface area contributed by atoms with E-state index >= 15 is 0 Å². The molecule has 8 nitrogen and oxygen atoms in total. The molecular formula is C19H24N6O2S. The van der Waals surface area contributed by atoms with Gasteiger partial charge in [0, 0.05) is 31.1 Å². The van der Waals surface area contributed by atoms with Gasteiger partial charge in [-0.15, -0.1) is 11.3 Å². The normalized spacial score (nSPS) is 15.4. The summed E-state index contributed by atoms with van der Waals surface area (Å²) in [5.74, 6) is 0.600. The molecule has 4 heterocycles. The van der Waals surface area contributed by atoms with Crippen molar-refractivity contribution in [3.63, 3.8) is 0 Å². The monoisotopic (exact) mass is 400 g/mol. The van der Waals surface area contributed by atoms with Crippen LogP contribution in [0, 0.1) is 6.92 Å². The maximum absolute atomic E-state index is 12.6. The van der Waals surface area contributed by atoms with Crippen LogP contribution in [-0.4, -0.2) is 56.7 Å². The molecule has 1 aliphatic heterocycles. The lowest BCUT2D eigenvalue weighted by Crippen LogP contribution is -2.49. The first kappa shape index (κ1) is 18.7. The second-order valence-corrected chi connectivity index (χ2v) is 9.33. The molecule has 0 atom stereocenters. The Hall–Kier alpha value is -2.68. The van der Waals surface area contributed by atoms with Gasteiger partial charge in [0.15, 0.2) is 5.65 Å². The van der Waals surface area contributed by atoms with E-state index < -0.39 is 0 Å². The number of carbonyl (C=O) groups is 1. The minimum absolute atomic E-state index is 0.0699. The number of piperazine rings is 1. The molecule has 28 heavy (non-hydrogen) atoms. The van der Waals surface area contributed by atoms with Crippen LogP contribution in [0.2, 0.25) is 0 Å². The Labute approximate surface area is 166 Å². The molecule has 0 radical (unpaired) electrons. The zero-order valence-electron chi connectivity index (χ0n) is 16.5. The lowest BCUT2D eigenvalue weighted by atomic mass is 10.1. The Morgan fingerprint density at radius 3 is 2.50 bits per heavy atom. The number of H-pyrrole nitrogens is 1. The number of thiophene rings is 1. The first-order valence-corrected chi connectivity index (χ1v) is 10.1. The van der Waals surface area contributed by atoms with Crippen LogP contribution < -0.4 is 10.5 Å². The Bertz CT molecular complexity index is 1080. The summed E-state index contributed by atoms with van der Waals surface area (Å²) >= 11 is 1.52. The predicted molar refractivity (Wildman–Crippen MR) is 110 cm³/mol. The predicted octanol–water partition coefficient (Wildman–Crippen LogP) is 2.21. The number of nitrogens with one attached hydrogen (secondary N) is 1. The summed E-state index contributed by atoms with van der Waals surface area (Å²) in [4.78, 5) is 38.5. The molecule has 0 spiro atoms. The fourth-order valence-corrected chi connectivity index (χ4v) is 4.21. The smallest absolute Gasteiger partial charge is 0.264 e. The van der Waals surface area contributed by atoms with Crippen LogP contribution in [0.15, 0.2) is 23.1 Å². The van der Waals surface area contributed by atoms with Crippen LogP contribution in [0.3, 0.4) is 0 Å². The Morgan fingerprint density at radius 1 is 1.18 bits per heavy atom. The number of rotatable bonds is 2. The lowest BCUT2D eigenvalue weighted by molar-refractivity contribution is 0.0751. The lowest BCUT2D eigenvalue weighted by Gasteiger charge is -2.34. The van der Waals surface area contributed by atoms with E-state index in [1.54, 1.807) is 10.9 Å². The topological polar surface area (TPSA) is 87.1 Å². The highest BCUT2D eigenvalue weighted by atomic mass is 32.1. The first-order valence-electron chi connectivity index (χ1n) is 9.33. The van der Waals surface area contributed by atoms with E-state index in [9.17, 15) is 9.59 Å². The maximum atomic E-state index is 12.6. The molecule has 1 fully saturated rings. The average Bonchev–Trinajstić information content (AvgIpc) is 3.27. The number of anilines is 1. The number of nitrogens with zero attached hydrogens (tertiary/aromatic N) is 5. The van der Waals surface area contributed by atoms with E-state index in [4.69, 9.17) is 0 Å². The van der Waals surface area contributed by atoms with Gasteiger partial charge < -0.3 is 9.80 Å². The Morgan fingerprint density at radius 2 is 1.89 bits per heavy atom. The number of fused-ring (bicyclic) bond motifs is 1. The molecule has 0 aliphatic carbocycles. The van der Waals surface area contributed by atoms with E-state index in [1.807, 2.05) is 49.6 Å². The van der Waals surface area contributed by atoms with Crippen molar-refractivity contribution in [2.75, 3.05) is 31.1 Å². The zero-order chi connectivity index (χ0) is 20.1. The molecule has 1 aliphatic rings. The molecule has 0 bridgehead atoms. The number of amides is 1.